The number of carbonyl (C=O) groups excluding carboxylic acids is 1. The zero-order valence-electron chi connectivity index (χ0n) is 35.8. The van der Waals surface area contributed by atoms with Crippen molar-refractivity contribution in [2.45, 2.75) is 58.0 Å². The average molecular weight is 897 g/mol. The fraction of sp³-hybridized carbons (Fsp3) is 0.283. The summed E-state index contributed by atoms with van der Waals surface area (Å²) in [5.74, 6) is -1.55. The van der Waals surface area contributed by atoms with Crippen molar-refractivity contribution in [2.75, 3.05) is 48.5 Å². The number of carbonyl (C=O) groups is 1. The number of likely N-dealkylation sites (N-methyl/N-ethyl adjacent to an activating group) is 1. The van der Waals surface area contributed by atoms with Crippen LogP contribution in [0.2, 0.25) is 5.02 Å². The Morgan fingerprint density at radius 3 is 1.87 bits per heavy atom. The van der Waals surface area contributed by atoms with E-state index < -0.39 is 54.3 Å². The number of sulfonamides is 1. The van der Waals surface area contributed by atoms with Crippen molar-refractivity contribution in [1.82, 2.24) is 9.21 Å². The summed E-state index contributed by atoms with van der Waals surface area (Å²) < 4.78 is 26.6. The molecule has 15 nitrogen and oxygen atoms in total. The maximum Gasteiger partial charge on any atom is 0.257 e. The van der Waals surface area contributed by atoms with Gasteiger partial charge in [0.05, 0.1) is 28.0 Å². The number of nitrogens with zero attached hydrogens (tertiary/aromatic N) is 2. The Morgan fingerprint density at radius 2 is 1.29 bits per heavy atom. The molecule has 0 spiro atoms. The number of amides is 1. The van der Waals surface area contributed by atoms with Crippen molar-refractivity contribution >= 4 is 61.7 Å². The molecule has 63 heavy (non-hydrogen) atoms. The molecule has 0 aliphatic carbocycles. The van der Waals surface area contributed by atoms with Gasteiger partial charge in [0.25, 0.3) is 27.6 Å². The van der Waals surface area contributed by atoms with E-state index in [2.05, 4.69) is 21.3 Å². The van der Waals surface area contributed by atoms with Crippen LogP contribution in [-0.2, 0) is 16.4 Å². The molecular weight excluding hydrogens is 848 g/mol. The molecule has 6 N–H and O–H groups in total. The monoisotopic (exact) mass is 896 g/mol. The highest BCUT2D eigenvalue weighted by atomic mass is 35.5. The highest BCUT2D eigenvalue weighted by Crippen LogP contribution is 2.41. The van der Waals surface area contributed by atoms with E-state index in [-0.39, 0.29) is 68.5 Å². The lowest BCUT2D eigenvalue weighted by molar-refractivity contribution is 0.0763. The lowest BCUT2D eigenvalue weighted by atomic mass is 9.82. The van der Waals surface area contributed by atoms with Crippen molar-refractivity contribution in [1.29, 1.82) is 0 Å². The molecule has 0 aromatic heterocycles. The summed E-state index contributed by atoms with van der Waals surface area (Å²) in [4.78, 5) is 66.0. The second kappa shape index (κ2) is 18.1. The molecule has 330 valence electrons. The van der Waals surface area contributed by atoms with Crippen LogP contribution in [0.1, 0.15) is 73.8 Å². The van der Waals surface area contributed by atoms with Gasteiger partial charge in [-0.05, 0) is 66.6 Å². The molecule has 1 unspecified atom stereocenters. The fourth-order valence-electron chi connectivity index (χ4n) is 7.20. The lowest BCUT2D eigenvalue weighted by Crippen LogP contribution is -2.39. The van der Waals surface area contributed by atoms with Gasteiger partial charge in [0, 0.05) is 33.2 Å². The summed E-state index contributed by atoms with van der Waals surface area (Å²) in [6.45, 7) is 10.2. The maximum absolute atomic E-state index is 13.9. The minimum absolute atomic E-state index is 0.00153. The first kappa shape index (κ1) is 46.0. The van der Waals surface area contributed by atoms with Crippen molar-refractivity contribution in [3.8, 4) is 11.5 Å². The minimum atomic E-state index is -4.17. The van der Waals surface area contributed by atoms with E-state index in [0.29, 0.717) is 13.0 Å². The summed E-state index contributed by atoms with van der Waals surface area (Å²) in [5, 5.41) is 33.9. The van der Waals surface area contributed by atoms with Gasteiger partial charge in [-0.25, -0.2) is 12.7 Å². The number of halogens is 1. The number of hydrogen-bond donors (Lipinski definition) is 6. The molecule has 0 aliphatic rings. The number of benzene rings is 4. The molecule has 0 radical (unpaired) electrons. The first-order valence-corrected chi connectivity index (χ1v) is 21.9. The first-order valence-electron chi connectivity index (χ1n) is 20.1. The van der Waals surface area contributed by atoms with Crippen LogP contribution in [0.5, 0.6) is 11.5 Å². The molecule has 2 atom stereocenters. The quantitative estimate of drug-likeness (QED) is 0.0413. The minimum Gasteiger partial charge on any atom is -0.505 e. The van der Waals surface area contributed by atoms with Gasteiger partial charge in [-0.1, -0.05) is 93.0 Å². The fourth-order valence-corrected chi connectivity index (χ4v) is 8.68. The number of nitrogens with one attached hydrogen (secondary N) is 4. The van der Waals surface area contributed by atoms with E-state index in [1.165, 1.54) is 38.4 Å². The SMILES string of the molecule is CCN(CCc1cccc([C@@H](C)Nc2c(Nc3ccc(Cl)c(S(=O)(=O)N(C)C)c3O)c(=O)c2=O)c1)C(=O)c1cccc(Nc2c(NC(c3ccccc3)C(C)(C)C)c(=O)c2=O)c1O. The molecule has 0 saturated heterocycles. The Hall–Kier alpha value is -6.49. The van der Waals surface area contributed by atoms with Crippen molar-refractivity contribution in [3.63, 3.8) is 0 Å². The topological polar surface area (TPSA) is 215 Å². The highest BCUT2D eigenvalue weighted by Gasteiger charge is 2.32. The molecule has 6 aromatic rings. The maximum atomic E-state index is 13.9. The third kappa shape index (κ3) is 9.19. The smallest absolute Gasteiger partial charge is 0.257 e. The van der Waals surface area contributed by atoms with Gasteiger partial charge in [0.1, 0.15) is 27.6 Å². The Balaban J connectivity index is 1.14. The summed E-state index contributed by atoms with van der Waals surface area (Å²) in [7, 11) is -1.62. The van der Waals surface area contributed by atoms with E-state index in [1.54, 1.807) is 24.8 Å². The molecule has 6 aromatic carbocycles. The van der Waals surface area contributed by atoms with E-state index in [1.807, 2.05) is 75.4 Å². The summed E-state index contributed by atoms with van der Waals surface area (Å²) in [5.41, 5.74) is -1.10. The summed E-state index contributed by atoms with van der Waals surface area (Å²) >= 11 is 6.12. The number of rotatable bonds is 17. The average Bonchev–Trinajstić information content (AvgIpc) is 3.25. The van der Waals surface area contributed by atoms with Gasteiger partial charge in [0.2, 0.25) is 10.0 Å². The van der Waals surface area contributed by atoms with Gasteiger partial charge in [0.15, 0.2) is 11.5 Å². The van der Waals surface area contributed by atoms with Crippen LogP contribution < -0.4 is 43.0 Å². The Morgan fingerprint density at radius 1 is 0.730 bits per heavy atom. The number of para-hydroxylation sites is 1. The molecule has 0 aliphatic heterocycles. The zero-order chi connectivity index (χ0) is 46.1. The lowest BCUT2D eigenvalue weighted by Gasteiger charge is -2.33. The van der Waals surface area contributed by atoms with Gasteiger partial charge in [-0.3, -0.25) is 24.0 Å². The van der Waals surface area contributed by atoms with Crippen LogP contribution in [0, 0.1) is 5.41 Å². The Labute approximate surface area is 369 Å². The van der Waals surface area contributed by atoms with Gasteiger partial charge in [-0.15, -0.1) is 0 Å². The predicted molar refractivity (Wildman–Crippen MR) is 247 cm³/mol. The first-order chi connectivity index (χ1) is 29.7. The number of phenolic OH excluding ortho intramolecular Hbond substituents is 2. The summed E-state index contributed by atoms with van der Waals surface area (Å²) in [6.07, 6.45) is 0.411. The Bertz CT molecular complexity index is 2950. The van der Waals surface area contributed by atoms with Crippen molar-refractivity contribution < 1.29 is 23.4 Å². The number of aromatic hydroxyl groups is 2. The molecule has 0 fully saturated rings. The second-order valence-corrected chi connectivity index (χ2v) is 18.9. The number of anilines is 6. The van der Waals surface area contributed by atoms with E-state index in [9.17, 15) is 42.6 Å². The molecular formula is C46H49ClN6O9S. The number of phenols is 2. The van der Waals surface area contributed by atoms with Crippen LogP contribution in [0.25, 0.3) is 0 Å². The van der Waals surface area contributed by atoms with Crippen molar-refractivity contribution in [2.24, 2.45) is 5.41 Å². The largest absolute Gasteiger partial charge is 0.505 e. The highest BCUT2D eigenvalue weighted by molar-refractivity contribution is 7.89. The van der Waals surface area contributed by atoms with Crippen LogP contribution in [0.4, 0.5) is 34.1 Å². The number of hydrogen-bond acceptors (Lipinski definition) is 13. The molecule has 17 heteroatoms. The van der Waals surface area contributed by atoms with Crippen LogP contribution in [-0.4, -0.2) is 60.9 Å². The summed E-state index contributed by atoms with van der Waals surface area (Å²) in [6, 6.07) is 23.2. The molecule has 6 rings (SSSR count). The van der Waals surface area contributed by atoms with Crippen molar-refractivity contribution in [3.05, 3.63) is 153 Å². The van der Waals surface area contributed by atoms with Gasteiger partial charge < -0.3 is 36.4 Å². The molecule has 0 saturated carbocycles. The molecule has 0 heterocycles. The third-order valence-electron chi connectivity index (χ3n) is 10.9. The molecule has 0 bridgehead atoms. The zero-order valence-corrected chi connectivity index (χ0v) is 37.4. The standard InChI is InChI=1S/C46H49ClN6O9S/c1-8-53(45(60)29-18-13-19-31(37(29)54)49-35-36(42(59)41(35)58)51-44(46(3,4)5)27-15-10-9-11-16-27)23-22-26-14-12-17-28(24-26)25(2)48-33-34(40(57)39(33)56)50-32-21-20-30(47)43(38(32)55)63(61,62)52(6)7/h9-21,24-25,44,48-51,54-55H,8,22-23H2,1-7H3/t25-,44?/m1/s1. The van der Waals surface area contributed by atoms with E-state index >= 15 is 0 Å². The van der Waals surface area contributed by atoms with Crippen LogP contribution in [0.3, 0.4) is 0 Å². The van der Waals surface area contributed by atoms with Gasteiger partial charge in [-0.2, -0.15) is 0 Å². The second-order valence-electron chi connectivity index (χ2n) is 16.4. The third-order valence-corrected chi connectivity index (χ3v) is 13.2. The Kier molecular flexibility index (Phi) is 13.2. The van der Waals surface area contributed by atoms with Crippen LogP contribution >= 0.6 is 11.6 Å². The predicted octanol–water partition coefficient (Wildman–Crippen LogP) is 6.76. The van der Waals surface area contributed by atoms with E-state index in [0.717, 1.165) is 21.0 Å². The van der Waals surface area contributed by atoms with Crippen LogP contribution in [0.15, 0.2) is 109 Å². The van der Waals surface area contributed by atoms with Gasteiger partial charge >= 0.3 is 0 Å². The van der Waals surface area contributed by atoms with E-state index in [4.69, 9.17) is 11.6 Å². The molecule has 1 amide bonds. The normalized spacial score (nSPS) is 12.9.